The number of ether oxygens (including phenoxy) is 2. The van der Waals surface area contributed by atoms with Gasteiger partial charge in [-0.1, -0.05) is 0 Å². The van der Waals surface area contributed by atoms with Crippen molar-refractivity contribution in [2.24, 2.45) is 5.92 Å². The van der Waals surface area contributed by atoms with E-state index in [0.29, 0.717) is 24.1 Å². The molecule has 1 heterocycles. The van der Waals surface area contributed by atoms with E-state index in [-0.39, 0.29) is 5.91 Å². The number of hydrogen-bond acceptors (Lipinski definition) is 4. The standard InChI is InChI=1S/C14H20N2O3/c1-4-19-14(2,10-5-6-10)13(17)16-11-7-8-12(18-3)15-9-11/h7-10H,4-6H2,1-3H3,(H,16,17)/t14-/m1/s1. The Morgan fingerprint density at radius 2 is 2.26 bits per heavy atom. The predicted molar refractivity (Wildman–Crippen MR) is 72.2 cm³/mol. The summed E-state index contributed by atoms with van der Waals surface area (Å²) in [6.45, 7) is 4.30. The molecule has 0 aliphatic heterocycles. The van der Waals surface area contributed by atoms with Gasteiger partial charge in [-0.25, -0.2) is 4.98 Å². The number of nitrogens with zero attached hydrogens (tertiary/aromatic N) is 1. The van der Waals surface area contributed by atoms with Crippen LogP contribution in [0, 0.1) is 5.92 Å². The van der Waals surface area contributed by atoms with Crippen LogP contribution in [0.2, 0.25) is 0 Å². The van der Waals surface area contributed by atoms with Gasteiger partial charge in [0, 0.05) is 12.7 Å². The van der Waals surface area contributed by atoms with Crippen LogP contribution in [0.1, 0.15) is 26.7 Å². The Hall–Kier alpha value is -1.62. The maximum Gasteiger partial charge on any atom is 0.256 e. The third-order valence-corrected chi connectivity index (χ3v) is 3.45. The van der Waals surface area contributed by atoms with E-state index in [1.165, 1.54) is 0 Å². The molecule has 5 heteroatoms. The van der Waals surface area contributed by atoms with E-state index in [0.717, 1.165) is 12.8 Å². The van der Waals surface area contributed by atoms with E-state index < -0.39 is 5.60 Å². The van der Waals surface area contributed by atoms with Gasteiger partial charge in [-0.15, -0.1) is 0 Å². The molecule has 104 valence electrons. The van der Waals surface area contributed by atoms with Crippen molar-refractivity contribution in [3.8, 4) is 5.88 Å². The summed E-state index contributed by atoms with van der Waals surface area (Å²) in [6, 6.07) is 3.48. The fraction of sp³-hybridized carbons (Fsp3) is 0.571. The Labute approximate surface area is 113 Å². The molecular weight excluding hydrogens is 244 g/mol. The minimum atomic E-state index is -0.741. The number of aromatic nitrogens is 1. The van der Waals surface area contributed by atoms with Crippen LogP contribution >= 0.6 is 0 Å². The van der Waals surface area contributed by atoms with E-state index >= 15 is 0 Å². The number of hydrogen-bond donors (Lipinski definition) is 1. The van der Waals surface area contributed by atoms with Crippen molar-refractivity contribution < 1.29 is 14.3 Å². The summed E-state index contributed by atoms with van der Waals surface area (Å²) in [6.07, 6.45) is 3.67. The van der Waals surface area contributed by atoms with Crippen LogP contribution in [0.5, 0.6) is 5.88 Å². The Bertz CT molecular complexity index is 443. The number of nitrogens with one attached hydrogen (secondary N) is 1. The first-order valence-corrected chi connectivity index (χ1v) is 6.55. The van der Waals surface area contributed by atoms with Gasteiger partial charge in [-0.3, -0.25) is 4.79 Å². The van der Waals surface area contributed by atoms with Gasteiger partial charge in [0.15, 0.2) is 0 Å². The van der Waals surface area contributed by atoms with Crippen LogP contribution in [0.25, 0.3) is 0 Å². The Balaban J connectivity index is 2.05. The zero-order valence-electron chi connectivity index (χ0n) is 11.6. The summed E-state index contributed by atoms with van der Waals surface area (Å²) in [7, 11) is 1.56. The lowest BCUT2D eigenvalue weighted by Crippen LogP contribution is -2.44. The van der Waals surface area contributed by atoms with E-state index in [1.54, 1.807) is 25.4 Å². The number of amides is 1. The molecule has 1 saturated carbocycles. The second-order valence-electron chi connectivity index (χ2n) is 4.86. The molecule has 1 aliphatic carbocycles. The molecule has 1 aliphatic rings. The molecule has 1 fully saturated rings. The van der Waals surface area contributed by atoms with Gasteiger partial charge in [0.05, 0.1) is 19.0 Å². The molecule has 0 radical (unpaired) electrons. The van der Waals surface area contributed by atoms with Crippen LogP contribution in [0.3, 0.4) is 0 Å². The quantitative estimate of drug-likeness (QED) is 0.856. The fourth-order valence-electron chi connectivity index (χ4n) is 2.13. The lowest BCUT2D eigenvalue weighted by molar-refractivity contribution is -0.141. The van der Waals surface area contributed by atoms with Crippen LogP contribution in [-0.2, 0) is 9.53 Å². The molecular formula is C14H20N2O3. The van der Waals surface area contributed by atoms with Gasteiger partial charge in [0.25, 0.3) is 5.91 Å². The maximum absolute atomic E-state index is 12.4. The highest BCUT2D eigenvalue weighted by molar-refractivity contribution is 5.97. The first kappa shape index (κ1) is 13.8. The summed E-state index contributed by atoms with van der Waals surface area (Å²) in [5, 5.41) is 2.86. The molecule has 0 unspecified atom stereocenters. The molecule has 1 aromatic heterocycles. The summed E-state index contributed by atoms with van der Waals surface area (Å²) < 4.78 is 10.7. The molecule has 0 saturated heterocycles. The van der Waals surface area contributed by atoms with Gasteiger partial charge in [0.1, 0.15) is 5.60 Å². The van der Waals surface area contributed by atoms with E-state index in [1.807, 2.05) is 13.8 Å². The first-order valence-electron chi connectivity index (χ1n) is 6.55. The topological polar surface area (TPSA) is 60.5 Å². The van der Waals surface area contributed by atoms with Crippen molar-refractivity contribution in [3.63, 3.8) is 0 Å². The largest absolute Gasteiger partial charge is 0.481 e. The minimum absolute atomic E-state index is 0.108. The smallest absolute Gasteiger partial charge is 0.256 e. The van der Waals surface area contributed by atoms with Gasteiger partial charge in [0.2, 0.25) is 5.88 Å². The highest BCUT2D eigenvalue weighted by Gasteiger charge is 2.48. The molecule has 0 spiro atoms. The molecule has 0 aromatic carbocycles. The normalized spacial score (nSPS) is 17.6. The van der Waals surface area contributed by atoms with E-state index in [4.69, 9.17) is 9.47 Å². The predicted octanol–water partition coefficient (Wildman–Crippen LogP) is 2.23. The van der Waals surface area contributed by atoms with Crippen LogP contribution in [0.15, 0.2) is 18.3 Å². The summed E-state index contributed by atoms with van der Waals surface area (Å²) in [5.41, 5.74) is -0.0910. The van der Waals surface area contributed by atoms with E-state index in [9.17, 15) is 4.79 Å². The average molecular weight is 264 g/mol. The first-order chi connectivity index (χ1) is 9.10. The van der Waals surface area contributed by atoms with Crippen LogP contribution < -0.4 is 10.1 Å². The second kappa shape index (κ2) is 5.57. The SMILES string of the molecule is CCO[C@@](C)(C(=O)Nc1ccc(OC)nc1)C1CC1. The Morgan fingerprint density at radius 1 is 1.53 bits per heavy atom. The van der Waals surface area contributed by atoms with Crippen molar-refractivity contribution in [1.29, 1.82) is 0 Å². The number of rotatable bonds is 6. The number of methoxy groups -OCH3 is 1. The minimum Gasteiger partial charge on any atom is -0.481 e. The number of carbonyl (C=O) groups is 1. The molecule has 1 amide bonds. The van der Waals surface area contributed by atoms with Gasteiger partial charge in [-0.2, -0.15) is 0 Å². The van der Waals surface area contributed by atoms with E-state index in [2.05, 4.69) is 10.3 Å². The molecule has 19 heavy (non-hydrogen) atoms. The average Bonchev–Trinajstić information content (AvgIpc) is 3.24. The van der Waals surface area contributed by atoms with Gasteiger partial charge < -0.3 is 14.8 Å². The second-order valence-corrected chi connectivity index (χ2v) is 4.86. The number of carbonyl (C=O) groups excluding carboxylic acids is 1. The Kier molecular flexibility index (Phi) is 4.04. The van der Waals surface area contributed by atoms with Crippen molar-refractivity contribution >= 4 is 11.6 Å². The van der Waals surface area contributed by atoms with Crippen molar-refractivity contribution in [1.82, 2.24) is 4.98 Å². The third-order valence-electron chi connectivity index (χ3n) is 3.45. The highest BCUT2D eigenvalue weighted by atomic mass is 16.5. The van der Waals surface area contributed by atoms with Gasteiger partial charge in [-0.05, 0) is 38.7 Å². The molecule has 2 rings (SSSR count). The lowest BCUT2D eigenvalue weighted by atomic mass is 9.99. The lowest BCUT2D eigenvalue weighted by Gasteiger charge is -2.28. The third kappa shape index (κ3) is 3.04. The summed E-state index contributed by atoms with van der Waals surface area (Å²) in [5.74, 6) is 0.732. The van der Waals surface area contributed by atoms with Crippen LogP contribution in [0.4, 0.5) is 5.69 Å². The number of pyridine rings is 1. The zero-order valence-corrected chi connectivity index (χ0v) is 11.6. The summed E-state index contributed by atoms with van der Waals surface area (Å²) in [4.78, 5) is 16.4. The zero-order chi connectivity index (χ0) is 13.9. The molecule has 1 aromatic rings. The number of anilines is 1. The van der Waals surface area contributed by atoms with Crippen molar-refractivity contribution in [2.75, 3.05) is 19.0 Å². The summed E-state index contributed by atoms with van der Waals surface area (Å²) >= 11 is 0. The molecule has 0 bridgehead atoms. The van der Waals surface area contributed by atoms with Crippen LogP contribution in [-0.4, -0.2) is 30.2 Å². The van der Waals surface area contributed by atoms with Gasteiger partial charge >= 0.3 is 0 Å². The maximum atomic E-state index is 12.4. The monoisotopic (exact) mass is 264 g/mol. The molecule has 1 atom stereocenters. The highest BCUT2D eigenvalue weighted by Crippen LogP contribution is 2.42. The molecule has 5 nitrogen and oxygen atoms in total. The van der Waals surface area contributed by atoms with Crippen molar-refractivity contribution in [3.05, 3.63) is 18.3 Å². The Morgan fingerprint density at radius 3 is 2.74 bits per heavy atom. The molecule has 1 N–H and O–H groups in total. The fourth-order valence-corrected chi connectivity index (χ4v) is 2.13. The van der Waals surface area contributed by atoms with Crippen molar-refractivity contribution in [2.45, 2.75) is 32.3 Å².